The summed E-state index contributed by atoms with van der Waals surface area (Å²) in [6, 6.07) is 8.22. The summed E-state index contributed by atoms with van der Waals surface area (Å²) in [5.74, 6) is 0. The first kappa shape index (κ1) is 13.1. The first-order valence-electron chi connectivity index (χ1n) is 6.40. The number of halogens is 1. The minimum atomic E-state index is -0.505. The average Bonchev–Trinajstić information content (AvgIpc) is 2.54. The largest absolute Gasteiger partial charge is 0.388 e. The van der Waals surface area contributed by atoms with Gasteiger partial charge in [-0.05, 0) is 47.6 Å². The zero-order valence-electron chi connectivity index (χ0n) is 10.1. The minimum absolute atomic E-state index is 0.505. The van der Waals surface area contributed by atoms with Gasteiger partial charge in [0.05, 0.1) is 5.60 Å². The molecular formula is C14H20INO. The maximum atomic E-state index is 10.5. The first-order valence-corrected chi connectivity index (χ1v) is 7.48. The molecule has 0 radical (unpaired) electrons. The lowest BCUT2D eigenvalue weighted by molar-refractivity contribution is 0.0381. The summed E-state index contributed by atoms with van der Waals surface area (Å²) in [5, 5.41) is 13.9. The summed E-state index contributed by atoms with van der Waals surface area (Å²) >= 11 is 2.32. The maximum absolute atomic E-state index is 10.5. The van der Waals surface area contributed by atoms with E-state index in [1.165, 1.54) is 16.4 Å². The van der Waals surface area contributed by atoms with Crippen molar-refractivity contribution in [2.75, 3.05) is 11.9 Å². The normalized spacial score (nSPS) is 19.6. The molecule has 1 fully saturated rings. The molecule has 0 saturated heterocycles. The van der Waals surface area contributed by atoms with E-state index < -0.39 is 5.60 Å². The van der Waals surface area contributed by atoms with Crippen molar-refractivity contribution >= 4 is 28.3 Å². The van der Waals surface area contributed by atoms with Gasteiger partial charge in [-0.1, -0.05) is 37.8 Å². The Morgan fingerprint density at radius 1 is 1.12 bits per heavy atom. The second-order valence-corrected chi connectivity index (χ2v) is 6.13. The number of anilines is 1. The van der Waals surface area contributed by atoms with Gasteiger partial charge in [0.2, 0.25) is 0 Å². The van der Waals surface area contributed by atoms with Crippen LogP contribution >= 0.6 is 22.6 Å². The van der Waals surface area contributed by atoms with E-state index in [2.05, 4.69) is 40.0 Å². The summed E-state index contributed by atoms with van der Waals surface area (Å²) in [5.41, 5.74) is 0.626. The highest BCUT2D eigenvalue weighted by atomic mass is 127. The van der Waals surface area contributed by atoms with E-state index in [0.29, 0.717) is 6.54 Å². The zero-order chi connectivity index (χ0) is 12.1. The van der Waals surface area contributed by atoms with Crippen LogP contribution in [0.2, 0.25) is 0 Å². The Labute approximate surface area is 117 Å². The van der Waals surface area contributed by atoms with Crippen LogP contribution in [0.5, 0.6) is 0 Å². The molecule has 94 valence electrons. The van der Waals surface area contributed by atoms with Crippen molar-refractivity contribution in [2.24, 2.45) is 0 Å². The highest BCUT2D eigenvalue weighted by molar-refractivity contribution is 14.1. The van der Waals surface area contributed by atoms with E-state index in [1.54, 1.807) is 0 Å². The summed E-state index contributed by atoms with van der Waals surface area (Å²) in [6.45, 7) is 0.674. The van der Waals surface area contributed by atoms with Crippen LogP contribution in [0, 0.1) is 3.57 Å². The third-order valence-corrected chi connectivity index (χ3v) is 4.46. The summed E-state index contributed by atoms with van der Waals surface area (Å²) in [7, 11) is 0. The van der Waals surface area contributed by atoms with E-state index in [-0.39, 0.29) is 0 Å². The van der Waals surface area contributed by atoms with Gasteiger partial charge in [0, 0.05) is 15.8 Å². The quantitative estimate of drug-likeness (QED) is 0.645. The second kappa shape index (κ2) is 6.05. The summed E-state index contributed by atoms with van der Waals surface area (Å²) in [6.07, 6.45) is 6.72. The molecule has 0 unspecified atom stereocenters. The predicted octanol–water partition coefficient (Wildman–Crippen LogP) is 3.79. The highest BCUT2D eigenvalue weighted by Crippen LogP contribution is 2.28. The van der Waals surface area contributed by atoms with Crippen LogP contribution in [0.3, 0.4) is 0 Å². The van der Waals surface area contributed by atoms with Crippen LogP contribution in [-0.4, -0.2) is 17.3 Å². The number of aliphatic hydroxyl groups is 1. The van der Waals surface area contributed by atoms with E-state index in [0.717, 1.165) is 31.4 Å². The van der Waals surface area contributed by atoms with Crippen LogP contribution in [0.1, 0.15) is 38.5 Å². The highest BCUT2D eigenvalue weighted by Gasteiger charge is 2.27. The first-order chi connectivity index (χ1) is 8.20. The van der Waals surface area contributed by atoms with Crippen molar-refractivity contribution in [2.45, 2.75) is 44.1 Å². The Bertz CT molecular complexity index is 359. The van der Waals surface area contributed by atoms with Crippen molar-refractivity contribution < 1.29 is 5.11 Å². The number of rotatable bonds is 3. The smallest absolute Gasteiger partial charge is 0.0819 e. The van der Waals surface area contributed by atoms with Crippen molar-refractivity contribution in [1.29, 1.82) is 0 Å². The molecule has 2 nitrogen and oxygen atoms in total. The average molecular weight is 345 g/mol. The number of hydrogen-bond acceptors (Lipinski definition) is 2. The topological polar surface area (TPSA) is 32.3 Å². The van der Waals surface area contributed by atoms with Gasteiger partial charge < -0.3 is 10.4 Å². The molecule has 0 atom stereocenters. The minimum Gasteiger partial charge on any atom is -0.388 e. The zero-order valence-corrected chi connectivity index (χ0v) is 12.2. The van der Waals surface area contributed by atoms with Gasteiger partial charge in [-0.2, -0.15) is 0 Å². The van der Waals surface area contributed by atoms with Gasteiger partial charge in [0.15, 0.2) is 0 Å². The van der Waals surface area contributed by atoms with Crippen LogP contribution in [0.25, 0.3) is 0 Å². The lowest BCUT2D eigenvalue weighted by Crippen LogP contribution is -2.36. The third-order valence-electron chi connectivity index (χ3n) is 3.52. The Morgan fingerprint density at radius 2 is 1.76 bits per heavy atom. The van der Waals surface area contributed by atoms with Crippen LogP contribution in [-0.2, 0) is 0 Å². The predicted molar refractivity (Wildman–Crippen MR) is 80.3 cm³/mol. The molecule has 0 spiro atoms. The standard InChI is InChI=1S/C14H20INO/c15-12-7-3-4-8-13(12)16-11-14(17)9-5-1-2-6-10-14/h3-4,7-8,16-17H,1-2,5-6,9-11H2. The number of hydrogen-bond donors (Lipinski definition) is 2. The van der Waals surface area contributed by atoms with Gasteiger partial charge in [0.25, 0.3) is 0 Å². The van der Waals surface area contributed by atoms with Crippen LogP contribution < -0.4 is 5.32 Å². The SMILES string of the molecule is OC1(CNc2ccccc2I)CCCCCC1. The van der Waals surface area contributed by atoms with Crippen molar-refractivity contribution in [3.63, 3.8) is 0 Å². The fourth-order valence-electron chi connectivity index (χ4n) is 2.43. The van der Waals surface area contributed by atoms with Gasteiger partial charge in [-0.3, -0.25) is 0 Å². The Hall–Kier alpha value is -0.290. The number of nitrogens with one attached hydrogen (secondary N) is 1. The molecule has 1 aliphatic carbocycles. The van der Waals surface area contributed by atoms with E-state index in [4.69, 9.17) is 0 Å². The molecule has 0 heterocycles. The molecule has 0 aliphatic heterocycles. The molecule has 0 amide bonds. The van der Waals surface area contributed by atoms with Gasteiger partial charge in [0.1, 0.15) is 0 Å². The number of benzene rings is 1. The van der Waals surface area contributed by atoms with Gasteiger partial charge >= 0.3 is 0 Å². The fourth-order valence-corrected chi connectivity index (χ4v) is 3.01. The lowest BCUT2D eigenvalue weighted by Gasteiger charge is -2.27. The molecule has 2 N–H and O–H groups in total. The Morgan fingerprint density at radius 3 is 2.41 bits per heavy atom. The molecule has 17 heavy (non-hydrogen) atoms. The molecule has 0 bridgehead atoms. The number of para-hydroxylation sites is 1. The van der Waals surface area contributed by atoms with Gasteiger partial charge in [-0.15, -0.1) is 0 Å². The van der Waals surface area contributed by atoms with Crippen molar-refractivity contribution in [1.82, 2.24) is 0 Å². The molecule has 1 saturated carbocycles. The Balaban J connectivity index is 1.94. The van der Waals surface area contributed by atoms with Gasteiger partial charge in [-0.25, -0.2) is 0 Å². The van der Waals surface area contributed by atoms with Crippen molar-refractivity contribution in [3.05, 3.63) is 27.8 Å². The van der Waals surface area contributed by atoms with E-state index in [1.807, 2.05) is 12.1 Å². The monoisotopic (exact) mass is 345 g/mol. The third kappa shape index (κ3) is 3.85. The molecule has 0 aromatic heterocycles. The lowest BCUT2D eigenvalue weighted by atomic mass is 9.94. The summed E-state index contributed by atoms with van der Waals surface area (Å²) < 4.78 is 1.21. The van der Waals surface area contributed by atoms with Crippen LogP contribution in [0.15, 0.2) is 24.3 Å². The maximum Gasteiger partial charge on any atom is 0.0819 e. The molecule has 3 heteroatoms. The molecule has 1 aromatic carbocycles. The molecule has 1 aromatic rings. The van der Waals surface area contributed by atoms with Crippen LogP contribution in [0.4, 0.5) is 5.69 Å². The van der Waals surface area contributed by atoms with E-state index >= 15 is 0 Å². The van der Waals surface area contributed by atoms with E-state index in [9.17, 15) is 5.11 Å². The second-order valence-electron chi connectivity index (χ2n) is 4.97. The molecule has 1 aliphatic rings. The fraction of sp³-hybridized carbons (Fsp3) is 0.571. The van der Waals surface area contributed by atoms with Crippen molar-refractivity contribution in [3.8, 4) is 0 Å². The molecule has 2 rings (SSSR count). The summed E-state index contributed by atoms with van der Waals surface area (Å²) in [4.78, 5) is 0. The Kier molecular flexibility index (Phi) is 4.68. The molecular weight excluding hydrogens is 325 g/mol.